The molecule has 0 atom stereocenters. The Morgan fingerprint density at radius 2 is 1.00 bits per heavy atom. The van der Waals surface area contributed by atoms with E-state index < -0.39 is 0 Å². The van der Waals surface area contributed by atoms with Crippen molar-refractivity contribution < 1.29 is 5.79 Å². The Labute approximate surface area is 399 Å². The molecule has 5 heteroatoms. The Kier molecular flexibility index (Phi) is 9.46. The van der Waals surface area contributed by atoms with Crippen molar-refractivity contribution in [2.45, 2.75) is 92.4 Å². The van der Waals surface area contributed by atoms with Crippen molar-refractivity contribution in [3.63, 3.8) is 0 Å². The van der Waals surface area contributed by atoms with Gasteiger partial charge in [-0.25, -0.2) is 0 Å². The SMILES string of the molecule is [2H]c1cc2c3c(c1)N(c1ccc(C(C)(C)C)cc1)c1c(cc4c(oc5ccccc54)c1N(c1ccc(C)cc1)c1ccc(C)cc1)B3c1cc(C(C)(C)C)ccc1N2c1ccc(C(C)(C)C)cc1. The second-order valence-corrected chi connectivity index (χ2v) is 22.0. The third kappa shape index (κ3) is 7.05. The molecule has 4 nitrogen and oxygen atoms in total. The van der Waals surface area contributed by atoms with Gasteiger partial charge in [0.2, 0.25) is 0 Å². The van der Waals surface area contributed by atoms with Gasteiger partial charge in [0.1, 0.15) is 11.3 Å². The lowest BCUT2D eigenvalue weighted by atomic mass is 9.33. The average molecular weight is 875 g/mol. The predicted octanol–water partition coefficient (Wildman–Crippen LogP) is 15.6. The zero-order chi connectivity index (χ0) is 47.6. The molecule has 0 radical (unpaired) electrons. The van der Waals surface area contributed by atoms with Crippen molar-refractivity contribution in [3.05, 3.63) is 192 Å². The second-order valence-electron chi connectivity index (χ2n) is 22.0. The Morgan fingerprint density at radius 1 is 0.493 bits per heavy atom. The number of benzene rings is 8. The zero-order valence-corrected chi connectivity index (χ0v) is 40.8. The third-order valence-electron chi connectivity index (χ3n) is 14.2. The molecule has 0 saturated carbocycles. The number of nitrogens with zero attached hydrogens (tertiary/aromatic N) is 3. The molecule has 0 amide bonds. The summed E-state index contributed by atoms with van der Waals surface area (Å²) >= 11 is 0. The van der Waals surface area contributed by atoms with E-state index in [-0.39, 0.29) is 23.0 Å². The normalized spacial score (nSPS) is 13.7. The van der Waals surface area contributed by atoms with Crippen LogP contribution in [0.15, 0.2) is 168 Å². The van der Waals surface area contributed by atoms with Gasteiger partial charge in [-0.05, 0) is 136 Å². The summed E-state index contributed by atoms with van der Waals surface area (Å²) in [6.45, 7) is 24.6. The molecule has 0 unspecified atom stereocenters. The molecule has 67 heavy (non-hydrogen) atoms. The number of fused-ring (bicyclic) bond motifs is 7. The van der Waals surface area contributed by atoms with Gasteiger partial charge in [-0.2, -0.15) is 0 Å². The van der Waals surface area contributed by atoms with E-state index in [1.165, 1.54) is 44.2 Å². The standard InChI is InChI=1S/C62H60BN3O/c1-39-19-28-44(29-20-39)64(45-30-21-40(2)22-31-45)58-57-51(38-49-48-15-12-13-18-55(48)67-59(49)58)63-50-37-43(62(9,10)11)27-36-52(50)65(46-32-23-41(24-33-46)60(3,4)5)53-16-14-17-54(56(53)63)66(57)47-34-25-42(26-35-47)61(6,7)8/h12-38H,1-11H3/i14D. The quantitative estimate of drug-likeness (QED) is 0.161. The van der Waals surface area contributed by atoms with Crippen LogP contribution in [0.5, 0.6) is 0 Å². The largest absolute Gasteiger partial charge is 0.454 e. The molecule has 11 rings (SSSR count). The minimum absolute atomic E-state index is 0.00336. The molecule has 0 fully saturated rings. The number of furan rings is 1. The highest BCUT2D eigenvalue weighted by Gasteiger charge is 2.46. The minimum Gasteiger partial charge on any atom is -0.454 e. The minimum atomic E-state index is -0.196. The van der Waals surface area contributed by atoms with E-state index in [0.29, 0.717) is 6.04 Å². The van der Waals surface area contributed by atoms with Crippen LogP contribution in [0.3, 0.4) is 0 Å². The Bertz CT molecular complexity index is 3380. The van der Waals surface area contributed by atoms with E-state index >= 15 is 0 Å². The van der Waals surface area contributed by atoms with Crippen LogP contribution in [0.25, 0.3) is 21.9 Å². The van der Waals surface area contributed by atoms with Gasteiger partial charge in [-0.15, -0.1) is 0 Å². The number of hydrogen-bond acceptors (Lipinski definition) is 4. The number of rotatable bonds is 5. The lowest BCUT2D eigenvalue weighted by Crippen LogP contribution is -2.61. The molecule has 2 aliphatic heterocycles. The first kappa shape index (κ1) is 41.5. The number of aryl methyl sites for hydroxylation is 2. The molecule has 0 spiro atoms. The fraction of sp³-hybridized carbons (Fsp3) is 0.226. The summed E-state index contributed by atoms with van der Waals surface area (Å²) in [5.74, 6) is 0. The van der Waals surface area contributed by atoms with Gasteiger partial charge in [-0.1, -0.05) is 164 Å². The van der Waals surface area contributed by atoms with Crippen LogP contribution in [0.1, 0.15) is 91.5 Å². The molecule has 0 saturated heterocycles. The van der Waals surface area contributed by atoms with Crippen LogP contribution in [-0.2, 0) is 16.2 Å². The van der Waals surface area contributed by atoms with Crippen LogP contribution in [0, 0.1) is 13.8 Å². The van der Waals surface area contributed by atoms with E-state index in [4.69, 9.17) is 4.42 Å². The first-order valence-corrected chi connectivity index (χ1v) is 23.9. The average Bonchev–Trinajstić information content (AvgIpc) is 3.67. The molecule has 1 aromatic heterocycles. The zero-order valence-electron chi connectivity index (χ0n) is 41.8. The molecule has 3 heterocycles. The summed E-state index contributed by atoms with van der Waals surface area (Å²) in [5, 5.41) is 2.14. The molecule has 0 bridgehead atoms. The molecular weight excluding hydrogens is 814 g/mol. The Hall–Kier alpha value is -6.98. The lowest BCUT2D eigenvalue weighted by molar-refractivity contribution is 0.590. The van der Waals surface area contributed by atoms with Gasteiger partial charge in [-0.3, -0.25) is 0 Å². The highest BCUT2D eigenvalue weighted by atomic mass is 16.3. The topological polar surface area (TPSA) is 22.9 Å². The monoisotopic (exact) mass is 874 g/mol. The summed E-state index contributed by atoms with van der Waals surface area (Å²) in [6.07, 6.45) is 0. The Morgan fingerprint density at radius 3 is 1.55 bits per heavy atom. The van der Waals surface area contributed by atoms with E-state index in [0.717, 1.165) is 73.1 Å². The highest BCUT2D eigenvalue weighted by molar-refractivity contribution is 7.00. The summed E-state index contributed by atoms with van der Waals surface area (Å²) in [7, 11) is 0. The van der Waals surface area contributed by atoms with Crippen molar-refractivity contribution in [1.82, 2.24) is 0 Å². The van der Waals surface area contributed by atoms with Crippen LogP contribution in [0.4, 0.5) is 51.2 Å². The van der Waals surface area contributed by atoms with Gasteiger partial charge >= 0.3 is 0 Å². The molecule has 0 aliphatic carbocycles. The van der Waals surface area contributed by atoms with Crippen molar-refractivity contribution in [3.8, 4) is 0 Å². The second kappa shape index (κ2) is 15.3. The smallest absolute Gasteiger partial charge is 0.252 e. The maximum Gasteiger partial charge on any atom is 0.252 e. The highest BCUT2D eigenvalue weighted by Crippen LogP contribution is 2.53. The van der Waals surface area contributed by atoms with Gasteiger partial charge in [0.05, 0.1) is 7.06 Å². The third-order valence-corrected chi connectivity index (χ3v) is 14.2. The van der Waals surface area contributed by atoms with Crippen LogP contribution in [-0.4, -0.2) is 6.71 Å². The van der Waals surface area contributed by atoms with Crippen molar-refractivity contribution >= 4 is 96.2 Å². The molecule has 2 aliphatic rings. The molecule has 8 aromatic carbocycles. The van der Waals surface area contributed by atoms with Gasteiger partial charge in [0.15, 0.2) is 5.58 Å². The molecule has 0 N–H and O–H groups in total. The van der Waals surface area contributed by atoms with E-state index in [2.05, 4.69) is 249 Å². The predicted molar refractivity (Wildman–Crippen MR) is 288 cm³/mol. The fourth-order valence-electron chi connectivity index (χ4n) is 10.4. The van der Waals surface area contributed by atoms with E-state index in [1.54, 1.807) is 0 Å². The van der Waals surface area contributed by atoms with Crippen molar-refractivity contribution in [1.29, 1.82) is 0 Å². The van der Waals surface area contributed by atoms with Gasteiger partial charge in [0.25, 0.3) is 6.71 Å². The number of hydrogen-bond donors (Lipinski definition) is 0. The number of para-hydroxylation sites is 1. The molecular formula is C62H60BN3O. The van der Waals surface area contributed by atoms with E-state index in [1.807, 2.05) is 0 Å². The van der Waals surface area contributed by atoms with E-state index in [9.17, 15) is 1.37 Å². The Balaban J connectivity index is 1.32. The molecule has 9 aromatic rings. The fourth-order valence-corrected chi connectivity index (χ4v) is 10.4. The first-order valence-electron chi connectivity index (χ1n) is 24.4. The van der Waals surface area contributed by atoms with Crippen LogP contribution >= 0.6 is 0 Å². The van der Waals surface area contributed by atoms with Crippen molar-refractivity contribution in [2.24, 2.45) is 0 Å². The summed E-state index contributed by atoms with van der Waals surface area (Å²) in [6, 6.07) is 58.6. The van der Waals surface area contributed by atoms with Gasteiger partial charge < -0.3 is 19.1 Å². The maximum atomic E-state index is 9.76. The first-order chi connectivity index (χ1) is 32.3. The van der Waals surface area contributed by atoms with Crippen LogP contribution < -0.4 is 31.1 Å². The molecule has 332 valence electrons. The van der Waals surface area contributed by atoms with Crippen LogP contribution in [0.2, 0.25) is 0 Å². The lowest BCUT2D eigenvalue weighted by Gasteiger charge is -2.45. The summed E-state index contributed by atoms with van der Waals surface area (Å²) in [5.41, 5.74) is 20.6. The van der Waals surface area contributed by atoms with Gasteiger partial charge in [0, 0.05) is 50.6 Å². The maximum absolute atomic E-state index is 9.76. The van der Waals surface area contributed by atoms with Crippen molar-refractivity contribution in [2.75, 3.05) is 14.7 Å². The summed E-state index contributed by atoms with van der Waals surface area (Å²) < 4.78 is 17.0. The number of anilines is 9. The summed E-state index contributed by atoms with van der Waals surface area (Å²) in [4.78, 5) is 7.28.